The smallest absolute Gasteiger partial charge is 0.320 e. The second-order valence-corrected chi connectivity index (χ2v) is 3.88. The van der Waals surface area contributed by atoms with Crippen LogP contribution in [-0.4, -0.2) is 23.0 Å². The lowest BCUT2D eigenvalue weighted by Crippen LogP contribution is -2.34. The molecule has 14 heavy (non-hydrogen) atoms. The standard InChI is InChI=1S/C5H11Cl.C5H11NO2/c1-2-3-4-5-6;1-3(2)4(6)5(7)8/h2-5H2,1H3;3-4H,6H2,1-2H3,(H,7,8)/t;4-/m.0/s1. The maximum atomic E-state index is 10.0. The molecule has 0 aromatic heterocycles. The molecule has 3 nitrogen and oxygen atoms in total. The number of rotatable bonds is 5. The van der Waals surface area contributed by atoms with E-state index in [1.807, 2.05) is 0 Å². The molecule has 0 saturated heterocycles. The third-order valence-electron chi connectivity index (χ3n) is 1.74. The van der Waals surface area contributed by atoms with Crippen molar-refractivity contribution in [1.29, 1.82) is 0 Å². The van der Waals surface area contributed by atoms with Crippen molar-refractivity contribution in [3.63, 3.8) is 0 Å². The van der Waals surface area contributed by atoms with E-state index >= 15 is 0 Å². The fourth-order valence-electron chi connectivity index (χ4n) is 0.630. The van der Waals surface area contributed by atoms with Crippen LogP contribution in [0.5, 0.6) is 0 Å². The Morgan fingerprint density at radius 3 is 2.00 bits per heavy atom. The summed E-state index contributed by atoms with van der Waals surface area (Å²) in [5, 5.41) is 8.23. The summed E-state index contributed by atoms with van der Waals surface area (Å²) in [6, 6.07) is -0.713. The van der Waals surface area contributed by atoms with Crippen molar-refractivity contribution in [2.45, 2.75) is 46.1 Å². The van der Waals surface area contributed by atoms with Crippen LogP contribution >= 0.6 is 11.6 Å². The first-order valence-electron chi connectivity index (χ1n) is 5.01. The second-order valence-electron chi connectivity index (χ2n) is 3.50. The number of carboxylic acids is 1. The quantitative estimate of drug-likeness (QED) is 0.556. The number of nitrogens with two attached hydrogens (primary N) is 1. The van der Waals surface area contributed by atoms with Crippen molar-refractivity contribution < 1.29 is 9.90 Å². The van der Waals surface area contributed by atoms with Crippen LogP contribution in [0.4, 0.5) is 0 Å². The molecule has 0 aromatic carbocycles. The minimum Gasteiger partial charge on any atom is -0.480 e. The van der Waals surface area contributed by atoms with Gasteiger partial charge in [-0.05, 0) is 12.3 Å². The molecule has 0 aliphatic carbocycles. The van der Waals surface area contributed by atoms with E-state index < -0.39 is 12.0 Å². The van der Waals surface area contributed by atoms with E-state index in [-0.39, 0.29) is 5.92 Å². The van der Waals surface area contributed by atoms with E-state index in [4.69, 9.17) is 22.4 Å². The summed E-state index contributed by atoms with van der Waals surface area (Å²) in [7, 11) is 0. The molecule has 0 unspecified atom stereocenters. The number of aliphatic carboxylic acids is 1. The number of unbranched alkanes of at least 4 members (excludes halogenated alkanes) is 2. The van der Waals surface area contributed by atoms with Crippen LogP contribution in [0.2, 0.25) is 0 Å². The summed E-state index contributed by atoms with van der Waals surface area (Å²) >= 11 is 5.38. The van der Waals surface area contributed by atoms with E-state index in [1.165, 1.54) is 19.3 Å². The van der Waals surface area contributed by atoms with Crippen LogP contribution in [0.1, 0.15) is 40.0 Å². The van der Waals surface area contributed by atoms with Crippen LogP contribution in [0.15, 0.2) is 0 Å². The Morgan fingerprint density at radius 2 is 1.93 bits per heavy atom. The van der Waals surface area contributed by atoms with Gasteiger partial charge in [0.15, 0.2) is 0 Å². The minimum atomic E-state index is -0.931. The van der Waals surface area contributed by atoms with Gasteiger partial charge < -0.3 is 10.8 Å². The first-order valence-corrected chi connectivity index (χ1v) is 5.55. The summed E-state index contributed by atoms with van der Waals surface area (Å²) in [5.74, 6) is -0.0825. The van der Waals surface area contributed by atoms with Gasteiger partial charge in [-0.15, -0.1) is 11.6 Å². The van der Waals surface area contributed by atoms with E-state index in [9.17, 15) is 4.79 Å². The molecule has 0 spiro atoms. The van der Waals surface area contributed by atoms with E-state index in [0.717, 1.165) is 5.88 Å². The SMILES string of the molecule is CC(C)[C@H](N)C(=O)O.CCCCCCl. The van der Waals surface area contributed by atoms with Crippen LogP contribution in [0, 0.1) is 5.92 Å². The zero-order valence-corrected chi connectivity index (χ0v) is 10.0. The third kappa shape index (κ3) is 11.7. The predicted octanol–water partition coefficient (Wildman–Crippen LogP) is 2.47. The van der Waals surface area contributed by atoms with Crippen molar-refractivity contribution in [3.8, 4) is 0 Å². The zero-order chi connectivity index (χ0) is 11.6. The van der Waals surface area contributed by atoms with Crippen LogP contribution in [-0.2, 0) is 4.79 Å². The van der Waals surface area contributed by atoms with E-state index in [1.54, 1.807) is 13.8 Å². The molecule has 0 heterocycles. The van der Waals surface area contributed by atoms with Gasteiger partial charge in [0, 0.05) is 5.88 Å². The summed E-state index contributed by atoms with van der Waals surface area (Å²) in [5.41, 5.74) is 5.16. The highest BCUT2D eigenvalue weighted by molar-refractivity contribution is 6.17. The molecule has 0 amide bonds. The average Bonchev–Trinajstić information content (AvgIpc) is 2.14. The number of hydrogen-bond donors (Lipinski definition) is 2. The number of hydrogen-bond acceptors (Lipinski definition) is 2. The maximum absolute atomic E-state index is 10.0. The van der Waals surface area contributed by atoms with Crippen molar-refractivity contribution >= 4 is 17.6 Å². The Hall–Kier alpha value is -0.280. The second kappa shape index (κ2) is 10.8. The number of halogens is 1. The lowest BCUT2D eigenvalue weighted by molar-refractivity contribution is -0.139. The molecule has 86 valence electrons. The Bertz CT molecular complexity index is 136. The van der Waals surface area contributed by atoms with Crippen LogP contribution in [0.3, 0.4) is 0 Å². The molecule has 0 aliphatic heterocycles. The lowest BCUT2D eigenvalue weighted by atomic mass is 10.1. The number of carbonyl (C=O) groups is 1. The van der Waals surface area contributed by atoms with Gasteiger partial charge in [-0.3, -0.25) is 4.79 Å². The van der Waals surface area contributed by atoms with Gasteiger partial charge in [-0.2, -0.15) is 0 Å². The van der Waals surface area contributed by atoms with Gasteiger partial charge in [-0.25, -0.2) is 0 Å². The highest BCUT2D eigenvalue weighted by Crippen LogP contribution is 1.96. The molecule has 1 atom stereocenters. The third-order valence-corrected chi connectivity index (χ3v) is 2.01. The molecule has 0 aliphatic rings. The molecule has 0 bridgehead atoms. The number of carboxylic acid groups (broad SMARTS) is 1. The highest BCUT2D eigenvalue weighted by atomic mass is 35.5. The average molecular weight is 224 g/mol. The van der Waals surface area contributed by atoms with Gasteiger partial charge in [0.05, 0.1) is 0 Å². The van der Waals surface area contributed by atoms with Crippen LogP contribution in [0.25, 0.3) is 0 Å². The molecule has 0 aromatic rings. The molecule has 3 N–H and O–H groups in total. The molecule has 0 radical (unpaired) electrons. The highest BCUT2D eigenvalue weighted by Gasteiger charge is 2.14. The summed E-state index contributed by atoms with van der Waals surface area (Å²) in [6.45, 7) is 5.73. The van der Waals surface area contributed by atoms with Crippen molar-refractivity contribution in [3.05, 3.63) is 0 Å². The Morgan fingerprint density at radius 1 is 1.43 bits per heavy atom. The van der Waals surface area contributed by atoms with Gasteiger partial charge in [-0.1, -0.05) is 33.6 Å². The van der Waals surface area contributed by atoms with Gasteiger partial charge in [0.1, 0.15) is 6.04 Å². The van der Waals surface area contributed by atoms with Gasteiger partial charge in [0.2, 0.25) is 0 Å². The zero-order valence-electron chi connectivity index (χ0n) is 9.29. The fourth-order valence-corrected chi connectivity index (χ4v) is 0.819. The Kier molecular flexibility index (Phi) is 12.5. The molecular formula is C10H22ClNO2. The maximum Gasteiger partial charge on any atom is 0.320 e. The van der Waals surface area contributed by atoms with E-state index in [0.29, 0.717) is 0 Å². The summed E-state index contributed by atoms with van der Waals surface area (Å²) in [6.07, 6.45) is 3.73. The molecular weight excluding hydrogens is 202 g/mol. The summed E-state index contributed by atoms with van der Waals surface area (Å²) < 4.78 is 0. The normalized spacial score (nSPS) is 11.9. The fraction of sp³-hybridized carbons (Fsp3) is 0.900. The monoisotopic (exact) mass is 223 g/mol. The molecule has 4 heteroatoms. The van der Waals surface area contributed by atoms with Crippen LogP contribution < -0.4 is 5.73 Å². The number of alkyl halides is 1. The summed E-state index contributed by atoms with van der Waals surface area (Å²) in [4.78, 5) is 10.0. The van der Waals surface area contributed by atoms with Crippen molar-refractivity contribution in [2.75, 3.05) is 5.88 Å². The van der Waals surface area contributed by atoms with Gasteiger partial charge in [0.25, 0.3) is 0 Å². The van der Waals surface area contributed by atoms with Crippen molar-refractivity contribution in [1.82, 2.24) is 0 Å². The van der Waals surface area contributed by atoms with Gasteiger partial charge >= 0.3 is 5.97 Å². The minimum absolute atomic E-state index is 0.0208. The largest absolute Gasteiger partial charge is 0.480 e. The Labute approximate surface area is 91.6 Å². The molecule has 0 rings (SSSR count). The molecule has 0 saturated carbocycles. The first-order chi connectivity index (χ1) is 6.47. The van der Waals surface area contributed by atoms with E-state index in [2.05, 4.69) is 6.92 Å². The van der Waals surface area contributed by atoms with Crippen molar-refractivity contribution in [2.24, 2.45) is 11.7 Å². The first kappa shape index (κ1) is 16.2. The Balaban J connectivity index is 0. The molecule has 0 fully saturated rings. The lowest BCUT2D eigenvalue weighted by Gasteiger charge is -2.07. The topological polar surface area (TPSA) is 63.3 Å². The predicted molar refractivity (Wildman–Crippen MR) is 60.7 cm³/mol.